The van der Waals surface area contributed by atoms with Gasteiger partial charge in [-0.05, 0) is 31.2 Å². The van der Waals surface area contributed by atoms with Crippen LogP contribution in [0.2, 0.25) is 0 Å². The standard InChI is InChI=1S/C21H18N2O2S/c1-14(19-12-16-7-3-5-9-18(16)25-19)22-20(24)13-26-21-11-10-15-6-2-4-8-17(15)23-21/h2-12,14H,13H2,1H3,(H,22,24). The van der Waals surface area contributed by atoms with E-state index in [-0.39, 0.29) is 11.9 Å². The Bertz CT molecular complexity index is 1040. The molecule has 0 spiro atoms. The normalized spacial score (nSPS) is 12.3. The maximum atomic E-state index is 12.3. The van der Waals surface area contributed by atoms with Gasteiger partial charge in [0.1, 0.15) is 11.3 Å². The van der Waals surface area contributed by atoms with Crippen LogP contribution in [0.15, 0.2) is 76.2 Å². The predicted molar refractivity (Wildman–Crippen MR) is 105 cm³/mol. The number of carbonyl (C=O) groups excluding carboxylic acids is 1. The molecule has 0 aliphatic carbocycles. The number of hydrogen-bond acceptors (Lipinski definition) is 4. The second kappa shape index (κ2) is 7.22. The van der Waals surface area contributed by atoms with E-state index in [0.717, 1.165) is 32.7 Å². The third-order valence-electron chi connectivity index (χ3n) is 4.17. The quantitative estimate of drug-likeness (QED) is 0.510. The minimum absolute atomic E-state index is 0.0436. The molecule has 4 aromatic rings. The molecule has 0 bridgehead atoms. The Hall–Kier alpha value is -2.79. The molecule has 0 radical (unpaired) electrons. The van der Waals surface area contributed by atoms with Gasteiger partial charge in [-0.1, -0.05) is 54.2 Å². The average Bonchev–Trinajstić information content (AvgIpc) is 3.10. The molecule has 130 valence electrons. The summed E-state index contributed by atoms with van der Waals surface area (Å²) in [4.78, 5) is 16.9. The minimum Gasteiger partial charge on any atom is -0.459 e. The second-order valence-corrected chi connectivity index (χ2v) is 7.10. The number of pyridine rings is 1. The van der Waals surface area contributed by atoms with E-state index < -0.39 is 0 Å². The van der Waals surface area contributed by atoms with Crippen molar-refractivity contribution in [3.63, 3.8) is 0 Å². The lowest BCUT2D eigenvalue weighted by Crippen LogP contribution is -2.27. The molecular weight excluding hydrogens is 344 g/mol. The van der Waals surface area contributed by atoms with Gasteiger partial charge in [-0.15, -0.1) is 0 Å². The molecule has 2 aromatic heterocycles. The SMILES string of the molecule is CC(NC(=O)CSc1ccc2ccccc2n1)c1cc2ccccc2o1. The zero-order valence-electron chi connectivity index (χ0n) is 14.3. The zero-order chi connectivity index (χ0) is 17.9. The fourth-order valence-electron chi connectivity index (χ4n) is 2.84. The molecule has 4 nitrogen and oxygen atoms in total. The van der Waals surface area contributed by atoms with Gasteiger partial charge in [-0.25, -0.2) is 4.98 Å². The molecule has 0 fully saturated rings. The average molecular weight is 362 g/mol. The molecular formula is C21H18N2O2S. The smallest absolute Gasteiger partial charge is 0.230 e. The minimum atomic E-state index is -0.180. The number of amides is 1. The van der Waals surface area contributed by atoms with E-state index in [2.05, 4.69) is 10.3 Å². The number of nitrogens with zero attached hydrogens (tertiary/aromatic N) is 1. The van der Waals surface area contributed by atoms with Gasteiger partial charge in [0.15, 0.2) is 0 Å². The van der Waals surface area contributed by atoms with E-state index in [1.54, 1.807) is 0 Å². The van der Waals surface area contributed by atoms with Crippen molar-refractivity contribution in [3.8, 4) is 0 Å². The number of carbonyl (C=O) groups is 1. The van der Waals surface area contributed by atoms with E-state index >= 15 is 0 Å². The molecule has 0 aliphatic heterocycles. The molecule has 5 heteroatoms. The third kappa shape index (κ3) is 3.58. The molecule has 0 saturated carbocycles. The van der Waals surface area contributed by atoms with Gasteiger partial charge in [-0.2, -0.15) is 0 Å². The summed E-state index contributed by atoms with van der Waals surface area (Å²) in [5, 5.41) is 5.96. The molecule has 2 heterocycles. The predicted octanol–water partition coefficient (Wildman–Crippen LogP) is 4.95. The second-order valence-electron chi connectivity index (χ2n) is 6.11. The van der Waals surface area contributed by atoms with Gasteiger partial charge in [0.05, 0.1) is 22.3 Å². The Kier molecular flexibility index (Phi) is 4.63. The van der Waals surface area contributed by atoms with Crippen LogP contribution in [-0.2, 0) is 4.79 Å². The van der Waals surface area contributed by atoms with Crippen LogP contribution < -0.4 is 5.32 Å². The summed E-state index contributed by atoms with van der Waals surface area (Å²) in [6.45, 7) is 1.93. The summed E-state index contributed by atoms with van der Waals surface area (Å²) in [5.41, 5.74) is 1.77. The highest BCUT2D eigenvalue weighted by atomic mass is 32.2. The van der Waals surface area contributed by atoms with Crippen LogP contribution in [-0.4, -0.2) is 16.6 Å². The van der Waals surface area contributed by atoms with Crippen molar-refractivity contribution in [1.29, 1.82) is 0 Å². The summed E-state index contributed by atoms with van der Waals surface area (Å²) >= 11 is 1.43. The molecule has 0 aliphatic rings. The highest BCUT2D eigenvalue weighted by molar-refractivity contribution is 7.99. The van der Waals surface area contributed by atoms with E-state index in [1.807, 2.05) is 73.7 Å². The number of furan rings is 1. The van der Waals surface area contributed by atoms with Crippen molar-refractivity contribution in [3.05, 3.63) is 72.5 Å². The number of nitrogens with one attached hydrogen (secondary N) is 1. The molecule has 4 rings (SSSR count). The van der Waals surface area contributed by atoms with Crippen molar-refractivity contribution in [2.75, 3.05) is 5.75 Å². The van der Waals surface area contributed by atoms with Crippen LogP contribution in [0.3, 0.4) is 0 Å². The van der Waals surface area contributed by atoms with Crippen molar-refractivity contribution in [2.45, 2.75) is 18.0 Å². The summed E-state index contributed by atoms with van der Waals surface area (Å²) in [6, 6.07) is 21.6. The van der Waals surface area contributed by atoms with Crippen LogP contribution in [0.4, 0.5) is 0 Å². The Labute approximate surface area is 155 Å². The Morgan fingerprint density at radius 1 is 1.08 bits per heavy atom. The van der Waals surface area contributed by atoms with Gasteiger partial charge >= 0.3 is 0 Å². The highest BCUT2D eigenvalue weighted by Gasteiger charge is 2.14. The molecule has 1 unspecified atom stereocenters. The number of rotatable bonds is 5. The molecule has 0 saturated heterocycles. The number of fused-ring (bicyclic) bond motifs is 2. The summed E-state index contributed by atoms with van der Waals surface area (Å²) < 4.78 is 5.81. The topological polar surface area (TPSA) is 55.1 Å². The van der Waals surface area contributed by atoms with E-state index in [0.29, 0.717) is 5.75 Å². The number of benzene rings is 2. The fourth-order valence-corrected chi connectivity index (χ4v) is 3.53. The lowest BCUT2D eigenvalue weighted by Gasteiger charge is -2.11. The number of hydrogen-bond donors (Lipinski definition) is 1. The lowest BCUT2D eigenvalue weighted by atomic mass is 10.2. The van der Waals surface area contributed by atoms with Crippen molar-refractivity contribution >= 4 is 39.5 Å². The first-order chi connectivity index (χ1) is 12.7. The first-order valence-corrected chi connectivity index (χ1v) is 9.44. The first-order valence-electron chi connectivity index (χ1n) is 8.45. The van der Waals surface area contributed by atoms with Gasteiger partial charge in [0, 0.05) is 10.8 Å². The van der Waals surface area contributed by atoms with Crippen molar-refractivity contribution < 1.29 is 9.21 Å². The van der Waals surface area contributed by atoms with Gasteiger partial charge < -0.3 is 9.73 Å². The van der Waals surface area contributed by atoms with E-state index in [1.165, 1.54) is 11.8 Å². The largest absolute Gasteiger partial charge is 0.459 e. The molecule has 26 heavy (non-hydrogen) atoms. The maximum absolute atomic E-state index is 12.3. The van der Waals surface area contributed by atoms with Gasteiger partial charge in [0.25, 0.3) is 0 Å². The Balaban J connectivity index is 1.38. The highest BCUT2D eigenvalue weighted by Crippen LogP contribution is 2.24. The fraction of sp³-hybridized carbons (Fsp3) is 0.143. The maximum Gasteiger partial charge on any atom is 0.230 e. The monoisotopic (exact) mass is 362 g/mol. The van der Waals surface area contributed by atoms with Crippen LogP contribution in [0.25, 0.3) is 21.9 Å². The van der Waals surface area contributed by atoms with Crippen molar-refractivity contribution in [2.24, 2.45) is 0 Å². The molecule has 1 atom stereocenters. The van der Waals surface area contributed by atoms with E-state index in [4.69, 9.17) is 4.42 Å². The number of para-hydroxylation sites is 2. The zero-order valence-corrected chi connectivity index (χ0v) is 15.1. The van der Waals surface area contributed by atoms with Crippen LogP contribution in [0, 0.1) is 0 Å². The molecule has 1 N–H and O–H groups in total. The molecule has 1 amide bonds. The summed E-state index contributed by atoms with van der Waals surface area (Å²) in [7, 11) is 0. The Morgan fingerprint density at radius 2 is 1.85 bits per heavy atom. The molecule has 2 aromatic carbocycles. The van der Waals surface area contributed by atoms with Crippen LogP contribution in [0.5, 0.6) is 0 Å². The van der Waals surface area contributed by atoms with Gasteiger partial charge in [0.2, 0.25) is 5.91 Å². The first kappa shape index (κ1) is 16.7. The number of thioether (sulfide) groups is 1. The van der Waals surface area contributed by atoms with E-state index in [9.17, 15) is 4.79 Å². The Morgan fingerprint density at radius 3 is 2.69 bits per heavy atom. The van der Waals surface area contributed by atoms with Crippen molar-refractivity contribution in [1.82, 2.24) is 10.3 Å². The number of aromatic nitrogens is 1. The lowest BCUT2D eigenvalue weighted by molar-refractivity contribution is -0.119. The third-order valence-corrected chi connectivity index (χ3v) is 5.10. The summed E-state index contributed by atoms with van der Waals surface area (Å²) in [5.74, 6) is 1.03. The van der Waals surface area contributed by atoms with Gasteiger partial charge in [-0.3, -0.25) is 4.79 Å². The van der Waals surface area contributed by atoms with Crippen LogP contribution in [0.1, 0.15) is 18.7 Å². The summed E-state index contributed by atoms with van der Waals surface area (Å²) in [6.07, 6.45) is 0. The van der Waals surface area contributed by atoms with Crippen LogP contribution >= 0.6 is 11.8 Å².